The molecule has 1 aromatic heterocycles. The van der Waals surface area contributed by atoms with Crippen LogP contribution >= 0.6 is 24.8 Å². The van der Waals surface area contributed by atoms with E-state index in [0.29, 0.717) is 25.5 Å². The molecule has 0 saturated carbocycles. The molecule has 0 amide bonds. The van der Waals surface area contributed by atoms with Crippen LogP contribution in [-0.4, -0.2) is 27.2 Å². The molecule has 5 nitrogen and oxygen atoms in total. The van der Waals surface area contributed by atoms with E-state index in [2.05, 4.69) is 10.3 Å². The number of carboxylic acid groups (broad SMARTS) is 1. The molecule has 98 valence electrons. The fourth-order valence-corrected chi connectivity index (χ4v) is 1.66. The first-order valence-corrected chi connectivity index (χ1v) is 4.42. The number of aromatic nitrogens is 2. The number of hydrogen-bond acceptors (Lipinski definition) is 3. The summed E-state index contributed by atoms with van der Waals surface area (Å²) < 4.78 is 26.4. The van der Waals surface area contributed by atoms with Crippen molar-refractivity contribution >= 4 is 30.8 Å². The fourth-order valence-electron chi connectivity index (χ4n) is 1.66. The van der Waals surface area contributed by atoms with Crippen LogP contribution < -0.4 is 5.32 Å². The van der Waals surface area contributed by atoms with Gasteiger partial charge in [0.25, 0.3) is 6.43 Å². The van der Waals surface area contributed by atoms with E-state index in [1.165, 1.54) is 4.57 Å². The lowest BCUT2D eigenvalue weighted by Gasteiger charge is -2.15. The van der Waals surface area contributed by atoms with Gasteiger partial charge in [-0.15, -0.1) is 24.8 Å². The molecular weight excluding hydrogens is 279 g/mol. The summed E-state index contributed by atoms with van der Waals surface area (Å²) in [6.07, 6.45) is -2.85. The van der Waals surface area contributed by atoms with Crippen LogP contribution in [0.5, 0.6) is 0 Å². The minimum Gasteiger partial charge on any atom is -0.477 e. The predicted molar refractivity (Wildman–Crippen MR) is 60.3 cm³/mol. The van der Waals surface area contributed by atoms with Gasteiger partial charge in [0.15, 0.2) is 5.69 Å². The van der Waals surface area contributed by atoms with Crippen molar-refractivity contribution in [2.24, 2.45) is 0 Å². The Kier molecular flexibility index (Phi) is 5.80. The van der Waals surface area contributed by atoms with Crippen molar-refractivity contribution in [2.45, 2.75) is 19.5 Å². The number of carboxylic acids is 1. The van der Waals surface area contributed by atoms with Gasteiger partial charge >= 0.3 is 5.97 Å². The van der Waals surface area contributed by atoms with Crippen molar-refractivity contribution in [1.82, 2.24) is 14.9 Å². The zero-order valence-electron chi connectivity index (χ0n) is 8.52. The van der Waals surface area contributed by atoms with Crippen molar-refractivity contribution in [2.75, 3.05) is 6.54 Å². The van der Waals surface area contributed by atoms with Gasteiger partial charge < -0.3 is 15.0 Å². The monoisotopic (exact) mass is 289 g/mol. The van der Waals surface area contributed by atoms with Crippen molar-refractivity contribution in [3.63, 3.8) is 0 Å². The molecule has 0 bridgehead atoms. The van der Waals surface area contributed by atoms with E-state index in [9.17, 15) is 13.6 Å². The largest absolute Gasteiger partial charge is 0.477 e. The summed E-state index contributed by atoms with van der Waals surface area (Å²) in [5.41, 5.74) is -1.03. The van der Waals surface area contributed by atoms with Crippen LogP contribution in [0.25, 0.3) is 0 Å². The van der Waals surface area contributed by atoms with Gasteiger partial charge in [0, 0.05) is 13.1 Å². The average molecular weight is 290 g/mol. The maximum atomic E-state index is 12.5. The second kappa shape index (κ2) is 6.13. The van der Waals surface area contributed by atoms with E-state index >= 15 is 0 Å². The van der Waals surface area contributed by atoms with Gasteiger partial charge in [-0.3, -0.25) is 0 Å². The minimum atomic E-state index is -2.85. The van der Waals surface area contributed by atoms with Crippen LogP contribution in [0.1, 0.15) is 28.4 Å². The Balaban J connectivity index is 0.00000128. The Morgan fingerprint density at radius 3 is 2.65 bits per heavy atom. The number of fused-ring (bicyclic) bond motifs is 1. The van der Waals surface area contributed by atoms with E-state index in [1.54, 1.807) is 0 Å². The zero-order valence-corrected chi connectivity index (χ0v) is 10.2. The lowest BCUT2D eigenvalue weighted by atomic mass is 10.3. The summed E-state index contributed by atoms with van der Waals surface area (Å²) in [6, 6.07) is 0. The highest BCUT2D eigenvalue weighted by Gasteiger charge is 2.28. The lowest BCUT2D eigenvalue weighted by Crippen LogP contribution is -2.29. The number of aromatic carboxylic acids is 1. The summed E-state index contributed by atoms with van der Waals surface area (Å²) in [7, 11) is 0. The van der Waals surface area contributed by atoms with E-state index in [1.807, 2.05) is 0 Å². The number of alkyl halides is 2. The molecule has 9 heteroatoms. The molecule has 17 heavy (non-hydrogen) atoms. The third-order valence-electron chi connectivity index (χ3n) is 2.28. The van der Waals surface area contributed by atoms with E-state index in [4.69, 9.17) is 5.11 Å². The third kappa shape index (κ3) is 2.85. The Morgan fingerprint density at radius 1 is 1.47 bits per heavy atom. The summed E-state index contributed by atoms with van der Waals surface area (Å²) in [4.78, 5) is 14.5. The average Bonchev–Trinajstić information content (AvgIpc) is 2.56. The van der Waals surface area contributed by atoms with Crippen molar-refractivity contribution in [1.29, 1.82) is 0 Å². The second-order valence-electron chi connectivity index (χ2n) is 3.20. The molecule has 1 aliphatic heterocycles. The van der Waals surface area contributed by atoms with Gasteiger partial charge in [0.2, 0.25) is 0 Å². The quantitative estimate of drug-likeness (QED) is 0.865. The summed E-state index contributed by atoms with van der Waals surface area (Å²) >= 11 is 0. The first-order valence-electron chi connectivity index (χ1n) is 4.42. The smallest absolute Gasteiger partial charge is 0.354 e. The topological polar surface area (TPSA) is 67.1 Å². The molecule has 0 atom stereocenters. The first kappa shape index (κ1) is 16.1. The van der Waals surface area contributed by atoms with E-state index < -0.39 is 18.1 Å². The summed E-state index contributed by atoms with van der Waals surface area (Å²) in [5, 5.41) is 11.8. The zero-order chi connectivity index (χ0) is 11.0. The highest BCUT2D eigenvalue weighted by Crippen LogP contribution is 2.24. The third-order valence-corrected chi connectivity index (χ3v) is 2.28. The fraction of sp³-hybridized carbons (Fsp3) is 0.500. The van der Waals surface area contributed by atoms with Gasteiger partial charge in [-0.2, -0.15) is 0 Å². The molecule has 1 aliphatic rings. The highest BCUT2D eigenvalue weighted by molar-refractivity contribution is 5.87. The molecule has 1 aromatic rings. The molecule has 0 fully saturated rings. The van der Waals surface area contributed by atoms with Crippen molar-refractivity contribution in [3.05, 3.63) is 17.2 Å². The molecule has 2 rings (SSSR count). The summed E-state index contributed by atoms with van der Waals surface area (Å²) in [6.45, 7) is 1.25. The van der Waals surface area contributed by atoms with Crippen molar-refractivity contribution in [3.8, 4) is 0 Å². The number of hydrogen-bond donors (Lipinski definition) is 2. The predicted octanol–water partition coefficient (Wildman–Crippen LogP) is 1.47. The minimum absolute atomic E-state index is 0. The number of carbonyl (C=O) groups is 1. The van der Waals surface area contributed by atoms with Crippen molar-refractivity contribution < 1.29 is 18.7 Å². The second-order valence-corrected chi connectivity index (χ2v) is 3.20. The van der Waals surface area contributed by atoms with E-state index in [0.717, 1.165) is 0 Å². The SMILES string of the molecule is Cl.Cl.O=C(O)c1c(C(F)F)nc2n1CCNC2. The highest BCUT2D eigenvalue weighted by atomic mass is 35.5. The molecule has 0 radical (unpaired) electrons. The molecule has 2 heterocycles. The number of nitrogens with zero attached hydrogens (tertiary/aromatic N) is 2. The molecule has 2 N–H and O–H groups in total. The van der Waals surface area contributed by atoms with Crippen LogP contribution in [0.3, 0.4) is 0 Å². The number of nitrogens with one attached hydrogen (secondary N) is 1. The van der Waals surface area contributed by atoms with Gasteiger partial charge in [-0.25, -0.2) is 18.6 Å². The summed E-state index contributed by atoms with van der Waals surface area (Å²) in [5.74, 6) is -1.00. The normalized spacial score (nSPS) is 13.6. The van der Waals surface area contributed by atoms with E-state index in [-0.39, 0.29) is 30.5 Å². The Hall–Kier alpha value is -0.920. The lowest BCUT2D eigenvalue weighted by molar-refractivity contribution is 0.0670. The Bertz CT molecular complexity index is 412. The molecule has 0 aliphatic carbocycles. The van der Waals surface area contributed by atoms with Gasteiger partial charge in [0.05, 0.1) is 6.54 Å². The van der Waals surface area contributed by atoms with Gasteiger partial charge in [0.1, 0.15) is 11.5 Å². The molecule has 0 aromatic carbocycles. The van der Waals surface area contributed by atoms with Gasteiger partial charge in [-0.05, 0) is 0 Å². The molecule has 0 unspecified atom stereocenters. The molecule has 0 saturated heterocycles. The Labute approximate surface area is 108 Å². The Morgan fingerprint density at radius 2 is 2.12 bits per heavy atom. The number of halogens is 4. The molecule has 0 spiro atoms. The van der Waals surface area contributed by atoms with Crippen LogP contribution in [0.15, 0.2) is 0 Å². The number of rotatable bonds is 2. The van der Waals surface area contributed by atoms with Gasteiger partial charge in [-0.1, -0.05) is 0 Å². The van der Waals surface area contributed by atoms with Crippen LogP contribution in [0.4, 0.5) is 8.78 Å². The maximum absolute atomic E-state index is 12.5. The first-order chi connectivity index (χ1) is 7.11. The maximum Gasteiger partial charge on any atom is 0.354 e. The molecular formula is C8H11Cl2F2N3O2. The number of imidazole rings is 1. The van der Waals surface area contributed by atoms with Crippen LogP contribution in [0.2, 0.25) is 0 Å². The standard InChI is InChI=1S/C8H9F2N3O2.2ClH/c9-7(10)5-6(8(14)15)13-2-1-11-3-4(13)12-5;;/h7,11H,1-3H2,(H,14,15);2*1H. The van der Waals surface area contributed by atoms with Crippen LogP contribution in [0, 0.1) is 0 Å². The van der Waals surface area contributed by atoms with Crippen LogP contribution in [-0.2, 0) is 13.1 Å².